The summed E-state index contributed by atoms with van der Waals surface area (Å²) in [7, 11) is 0. The standard InChI is InChI=1S/C19H26N4O2/c1-12-4-7-22(8-5-12)18(25)19-10-15(19)6-9-23(19)17(24)16-11-20-14(3)21-13(16)2/h11-12,15H,4-10H2,1-3H3. The molecule has 1 aromatic rings. The molecule has 3 aliphatic rings. The topological polar surface area (TPSA) is 66.4 Å². The average molecular weight is 342 g/mol. The van der Waals surface area contributed by atoms with Gasteiger partial charge < -0.3 is 9.80 Å². The van der Waals surface area contributed by atoms with Crippen molar-refractivity contribution in [3.63, 3.8) is 0 Å². The largest absolute Gasteiger partial charge is 0.341 e. The summed E-state index contributed by atoms with van der Waals surface area (Å²) >= 11 is 0. The molecule has 6 nitrogen and oxygen atoms in total. The molecule has 2 saturated heterocycles. The minimum absolute atomic E-state index is 0.0868. The highest BCUT2D eigenvalue weighted by molar-refractivity contribution is 6.02. The predicted molar refractivity (Wildman–Crippen MR) is 93.0 cm³/mol. The Morgan fingerprint density at radius 3 is 2.52 bits per heavy atom. The van der Waals surface area contributed by atoms with Gasteiger partial charge in [0.05, 0.1) is 11.3 Å². The number of fused-ring (bicyclic) bond motifs is 1. The fraction of sp³-hybridized carbons (Fsp3) is 0.684. The molecule has 25 heavy (non-hydrogen) atoms. The van der Waals surface area contributed by atoms with Gasteiger partial charge in [0.25, 0.3) is 5.91 Å². The molecule has 1 saturated carbocycles. The number of likely N-dealkylation sites (tertiary alicyclic amines) is 2. The number of carbonyl (C=O) groups is 2. The lowest BCUT2D eigenvalue weighted by Gasteiger charge is -2.36. The van der Waals surface area contributed by atoms with Crippen LogP contribution in [0.5, 0.6) is 0 Å². The van der Waals surface area contributed by atoms with Crippen LogP contribution in [0.3, 0.4) is 0 Å². The lowest BCUT2D eigenvalue weighted by molar-refractivity contribution is -0.138. The van der Waals surface area contributed by atoms with E-state index in [-0.39, 0.29) is 11.8 Å². The molecule has 134 valence electrons. The van der Waals surface area contributed by atoms with E-state index < -0.39 is 5.54 Å². The zero-order chi connectivity index (χ0) is 17.8. The van der Waals surface area contributed by atoms with Crippen molar-refractivity contribution < 1.29 is 9.59 Å². The van der Waals surface area contributed by atoms with Crippen LogP contribution in [0.2, 0.25) is 0 Å². The summed E-state index contributed by atoms with van der Waals surface area (Å²) in [6.45, 7) is 8.20. The second-order valence-corrected chi connectivity index (χ2v) is 7.96. The van der Waals surface area contributed by atoms with Gasteiger partial charge in [-0.3, -0.25) is 9.59 Å². The number of piperidine rings is 2. The second-order valence-electron chi connectivity index (χ2n) is 7.96. The lowest BCUT2D eigenvalue weighted by atomic mass is 9.98. The van der Waals surface area contributed by atoms with Gasteiger partial charge in [0.1, 0.15) is 11.4 Å². The Labute approximate surface area is 148 Å². The molecular weight excluding hydrogens is 316 g/mol. The van der Waals surface area contributed by atoms with E-state index in [1.54, 1.807) is 6.20 Å². The zero-order valence-corrected chi connectivity index (χ0v) is 15.3. The first-order chi connectivity index (χ1) is 11.9. The van der Waals surface area contributed by atoms with Gasteiger partial charge in [-0.1, -0.05) is 6.92 Å². The van der Waals surface area contributed by atoms with E-state index in [1.165, 1.54) is 0 Å². The second kappa shape index (κ2) is 5.78. The predicted octanol–water partition coefficient (Wildman–Crippen LogP) is 1.96. The van der Waals surface area contributed by atoms with Crippen molar-refractivity contribution in [2.75, 3.05) is 19.6 Å². The van der Waals surface area contributed by atoms with E-state index in [0.29, 0.717) is 35.5 Å². The third-order valence-electron chi connectivity index (χ3n) is 6.27. The van der Waals surface area contributed by atoms with Gasteiger partial charge in [0.15, 0.2) is 0 Å². The van der Waals surface area contributed by atoms with E-state index in [1.807, 2.05) is 23.6 Å². The maximum absolute atomic E-state index is 13.3. The van der Waals surface area contributed by atoms with Crippen LogP contribution in [-0.2, 0) is 4.79 Å². The third-order valence-corrected chi connectivity index (χ3v) is 6.27. The first-order valence-corrected chi connectivity index (χ1v) is 9.35. The van der Waals surface area contributed by atoms with Crippen LogP contribution in [0.15, 0.2) is 6.20 Å². The molecule has 2 aliphatic heterocycles. The molecule has 0 aromatic carbocycles. The highest BCUT2D eigenvalue weighted by Crippen LogP contribution is 2.57. The van der Waals surface area contributed by atoms with Gasteiger partial charge >= 0.3 is 0 Å². The Morgan fingerprint density at radius 2 is 1.88 bits per heavy atom. The first-order valence-electron chi connectivity index (χ1n) is 9.35. The molecule has 0 N–H and O–H groups in total. The van der Waals surface area contributed by atoms with Gasteiger partial charge in [-0.05, 0) is 51.4 Å². The summed E-state index contributed by atoms with van der Waals surface area (Å²) in [5.74, 6) is 1.75. The molecule has 2 unspecified atom stereocenters. The molecule has 2 atom stereocenters. The number of hydrogen-bond donors (Lipinski definition) is 0. The molecule has 2 amide bonds. The fourth-order valence-corrected chi connectivity index (χ4v) is 4.56. The average Bonchev–Trinajstić information content (AvgIpc) is 3.20. The van der Waals surface area contributed by atoms with Crippen LogP contribution in [-0.4, -0.2) is 56.8 Å². The van der Waals surface area contributed by atoms with Gasteiger partial charge in [-0.2, -0.15) is 0 Å². The summed E-state index contributed by atoms with van der Waals surface area (Å²) < 4.78 is 0. The van der Waals surface area contributed by atoms with Crippen LogP contribution in [0.25, 0.3) is 0 Å². The zero-order valence-electron chi connectivity index (χ0n) is 15.3. The minimum atomic E-state index is -0.588. The van der Waals surface area contributed by atoms with Crippen LogP contribution in [0.4, 0.5) is 0 Å². The summed E-state index contributed by atoms with van der Waals surface area (Å²) in [6.07, 6.45) is 5.47. The van der Waals surface area contributed by atoms with Crippen molar-refractivity contribution in [2.24, 2.45) is 11.8 Å². The number of aryl methyl sites for hydroxylation is 2. The van der Waals surface area contributed by atoms with E-state index in [9.17, 15) is 9.59 Å². The van der Waals surface area contributed by atoms with E-state index in [0.717, 1.165) is 38.8 Å². The molecule has 0 radical (unpaired) electrons. The quantitative estimate of drug-likeness (QED) is 0.824. The number of carbonyl (C=O) groups excluding carboxylic acids is 2. The highest BCUT2D eigenvalue weighted by atomic mass is 16.2. The molecule has 6 heteroatoms. The van der Waals surface area contributed by atoms with Crippen LogP contribution >= 0.6 is 0 Å². The van der Waals surface area contributed by atoms with E-state index in [4.69, 9.17) is 0 Å². The third kappa shape index (κ3) is 2.53. The molecule has 0 spiro atoms. The molecule has 1 aromatic heterocycles. The van der Waals surface area contributed by atoms with Crippen LogP contribution < -0.4 is 0 Å². The maximum Gasteiger partial charge on any atom is 0.258 e. The van der Waals surface area contributed by atoms with Gasteiger partial charge in [0, 0.05) is 25.8 Å². The van der Waals surface area contributed by atoms with Crippen molar-refractivity contribution in [1.82, 2.24) is 19.8 Å². The SMILES string of the molecule is Cc1ncc(C(=O)N2CCC3CC32C(=O)N2CCC(C)CC2)c(C)n1. The number of aromatic nitrogens is 2. The number of rotatable bonds is 2. The van der Waals surface area contributed by atoms with Crippen LogP contribution in [0, 0.1) is 25.7 Å². The molecule has 4 rings (SSSR count). The molecule has 0 bridgehead atoms. The Kier molecular flexibility index (Phi) is 3.81. The van der Waals surface area contributed by atoms with Crippen molar-refractivity contribution in [3.8, 4) is 0 Å². The minimum Gasteiger partial charge on any atom is -0.341 e. The Hall–Kier alpha value is -1.98. The van der Waals surface area contributed by atoms with Gasteiger partial charge in [0.2, 0.25) is 5.91 Å². The normalized spacial score (nSPS) is 28.8. The van der Waals surface area contributed by atoms with Gasteiger partial charge in [-0.15, -0.1) is 0 Å². The molecule has 3 fully saturated rings. The summed E-state index contributed by atoms with van der Waals surface area (Å²) in [5.41, 5.74) is 0.628. The summed E-state index contributed by atoms with van der Waals surface area (Å²) in [6, 6.07) is 0. The summed E-state index contributed by atoms with van der Waals surface area (Å²) in [4.78, 5) is 38.7. The Morgan fingerprint density at radius 1 is 1.16 bits per heavy atom. The molecule has 3 heterocycles. The number of nitrogens with zero attached hydrogens (tertiary/aromatic N) is 4. The van der Waals surface area contributed by atoms with Gasteiger partial charge in [-0.25, -0.2) is 9.97 Å². The smallest absolute Gasteiger partial charge is 0.258 e. The molecular formula is C19H26N4O2. The fourth-order valence-electron chi connectivity index (χ4n) is 4.56. The van der Waals surface area contributed by atoms with Crippen molar-refractivity contribution in [2.45, 2.75) is 52.0 Å². The Balaban J connectivity index is 1.58. The monoisotopic (exact) mass is 342 g/mol. The van der Waals surface area contributed by atoms with Crippen molar-refractivity contribution in [1.29, 1.82) is 0 Å². The number of hydrogen-bond acceptors (Lipinski definition) is 4. The van der Waals surface area contributed by atoms with Crippen molar-refractivity contribution >= 4 is 11.8 Å². The van der Waals surface area contributed by atoms with Crippen LogP contribution in [0.1, 0.15) is 54.5 Å². The highest BCUT2D eigenvalue weighted by Gasteiger charge is 2.69. The maximum atomic E-state index is 13.3. The first kappa shape index (κ1) is 16.5. The summed E-state index contributed by atoms with van der Waals surface area (Å²) in [5, 5.41) is 0. The molecule has 1 aliphatic carbocycles. The number of amides is 2. The van der Waals surface area contributed by atoms with E-state index in [2.05, 4.69) is 16.9 Å². The van der Waals surface area contributed by atoms with E-state index >= 15 is 0 Å². The Bertz CT molecular complexity index is 726. The lowest BCUT2D eigenvalue weighted by Crippen LogP contribution is -2.53. The van der Waals surface area contributed by atoms with Crippen molar-refractivity contribution in [3.05, 3.63) is 23.3 Å².